The maximum atomic E-state index is 13.5. The summed E-state index contributed by atoms with van der Waals surface area (Å²) in [4.78, 5) is 13.8. The van der Waals surface area contributed by atoms with Crippen LogP contribution in [0.4, 0.5) is 8.78 Å². The fraction of sp³-hybridized carbons (Fsp3) is 0.438. The van der Waals surface area contributed by atoms with Crippen LogP contribution in [0.3, 0.4) is 0 Å². The maximum Gasteiger partial charge on any atom is 0.246 e. The third-order valence-electron chi connectivity index (χ3n) is 3.98. The van der Waals surface area contributed by atoms with Gasteiger partial charge in [-0.3, -0.25) is 4.79 Å². The zero-order chi connectivity index (χ0) is 15.4. The number of hydrogen-bond donors (Lipinski definition) is 1. The molecule has 0 spiro atoms. The SMILES string of the molecule is CC1CCCN(C(=O)/C=C/c2c(F)cccc2F)C1CO. The molecule has 1 amide bonds. The molecule has 1 aliphatic heterocycles. The number of carbonyl (C=O) groups is 1. The lowest BCUT2D eigenvalue weighted by Gasteiger charge is -2.38. The molecule has 0 saturated carbocycles. The second-order valence-corrected chi connectivity index (χ2v) is 5.37. The fourth-order valence-electron chi connectivity index (χ4n) is 2.72. The van der Waals surface area contributed by atoms with E-state index in [2.05, 4.69) is 0 Å². The van der Waals surface area contributed by atoms with Crippen LogP contribution in [0.25, 0.3) is 6.08 Å². The Morgan fingerprint density at radius 3 is 2.71 bits per heavy atom. The Kier molecular flexibility index (Phi) is 5.07. The highest BCUT2D eigenvalue weighted by Crippen LogP contribution is 2.23. The third-order valence-corrected chi connectivity index (χ3v) is 3.98. The van der Waals surface area contributed by atoms with Crippen molar-refractivity contribution >= 4 is 12.0 Å². The number of nitrogens with zero attached hydrogens (tertiary/aromatic N) is 1. The van der Waals surface area contributed by atoms with Gasteiger partial charge in [0.2, 0.25) is 5.91 Å². The van der Waals surface area contributed by atoms with E-state index in [0.717, 1.165) is 31.1 Å². The van der Waals surface area contributed by atoms with E-state index in [-0.39, 0.29) is 30.0 Å². The predicted octanol–water partition coefficient (Wildman–Crippen LogP) is 2.60. The molecule has 114 valence electrons. The first-order chi connectivity index (χ1) is 10.0. The van der Waals surface area contributed by atoms with E-state index in [9.17, 15) is 18.7 Å². The predicted molar refractivity (Wildman–Crippen MR) is 76.4 cm³/mol. The molecule has 21 heavy (non-hydrogen) atoms. The van der Waals surface area contributed by atoms with Gasteiger partial charge in [0.1, 0.15) is 11.6 Å². The number of aliphatic hydroxyl groups excluding tert-OH is 1. The van der Waals surface area contributed by atoms with Crippen LogP contribution in [0.2, 0.25) is 0 Å². The molecular formula is C16H19F2NO2. The Hall–Kier alpha value is -1.75. The maximum absolute atomic E-state index is 13.5. The molecule has 3 nitrogen and oxygen atoms in total. The van der Waals surface area contributed by atoms with Gasteiger partial charge in [-0.1, -0.05) is 13.0 Å². The average molecular weight is 295 g/mol. The van der Waals surface area contributed by atoms with Crippen molar-refractivity contribution in [3.05, 3.63) is 41.5 Å². The molecule has 1 N–H and O–H groups in total. The van der Waals surface area contributed by atoms with Crippen LogP contribution < -0.4 is 0 Å². The van der Waals surface area contributed by atoms with Crippen molar-refractivity contribution in [3.8, 4) is 0 Å². The van der Waals surface area contributed by atoms with Crippen LogP contribution in [0.5, 0.6) is 0 Å². The van der Waals surface area contributed by atoms with Crippen LogP contribution in [-0.2, 0) is 4.79 Å². The summed E-state index contributed by atoms with van der Waals surface area (Å²) in [7, 11) is 0. The second-order valence-electron chi connectivity index (χ2n) is 5.37. The Labute approximate surface area is 122 Å². The van der Waals surface area contributed by atoms with Crippen molar-refractivity contribution in [2.45, 2.75) is 25.8 Å². The van der Waals surface area contributed by atoms with Crippen molar-refractivity contribution in [3.63, 3.8) is 0 Å². The van der Waals surface area contributed by atoms with Gasteiger partial charge in [0.05, 0.1) is 12.6 Å². The molecule has 2 rings (SSSR count). The molecule has 0 aromatic heterocycles. The summed E-state index contributed by atoms with van der Waals surface area (Å²) in [5, 5.41) is 9.42. The van der Waals surface area contributed by atoms with Crippen LogP contribution >= 0.6 is 0 Å². The minimum absolute atomic E-state index is 0.102. The lowest BCUT2D eigenvalue weighted by atomic mass is 9.91. The molecule has 0 bridgehead atoms. The van der Waals surface area contributed by atoms with E-state index in [1.807, 2.05) is 6.92 Å². The summed E-state index contributed by atoms with van der Waals surface area (Å²) < 4.78 is 27.0. The first-order valence-electron chi connectivity index (χ1n) is 7.08. The summed E-state index contributed by atoms with van der Waals surface area (Å²) in [6, 6.07) is 3.33. The van der Waals surface area contributed by atoms with Crippen molar-refractivity contribution in [2.24, 2.45) is 5.92 Å². The smallest absolute Gasteiger partial charge is 0.246 e. The molecule has 5 heteroatoms. The normalized spacial score (nSPS) is 22.8. The van der Waals surface area contributed by atoms with Crippen LogP contribution in [0.1, 0.15) is 25.3 Å². The Balaban J connectivity index is 2.15. The molecule has 1 heterocycles. The highest BCUT2D eigenvalue weighted by Gasteiger charge is 2.30. The Morgan fingerprint density at radius 1 is 1.43 bits per heavy atom. The van der Waals surface area contributed by atoms with Gasteiger partial charge in [0.15, 0.2) is 0 Å². The third kappa shape index (κ3) is 3.47. The number of amides is 1. The minimum atomic E-state index is -0.704. The van der Waals surface area contributed by atoms with E-state index in [1.54, 1.807) is 4.90 Å². The topological polar surface area (TPSA) is 40.5 Å². The number of piperidine rings is 1. The van der Waals surface area contributed by atoms with Gasteiger partial charge in [0, 0.05) is 18.2 Å². The zero-order valence-corrected chi connectivity index (χ0v) is 11.9. The van der Waals surface area contributed by atoms with Crippen LogP contribution in [-0.4, -0.2) is 35.1 Å². The molecule has 1 aromatic carbocycles. The second kappa shape index (κ2) is 6.80. The molecule has 2 atom stereocenters. The molecule has 2 unspecified atom stereocenters. The van der Waals surface area contributed by atoms with Crippen molar-refractivity contribution in [2.75, 3.05) is 13.2 Å². The number of likely N-dealkylation sites (tertiary alicyclic amines) is 1. The highest BCUT2D eigenvalue weighted by atomic mass is 19.1. The van der Waals surface area contributed by atoms with Crippen LogP contribution in [0.15, 0.2) is 24.3 Å². The van der Waals surface area contributed by atoms with Gasteiger partial charge in [-0.05, 0) is 37.0 Å². The van der Waals surface area contributed by atoms with Gasteiger partial charge in [-0.15, -0.1) is 0 Å². The van der Waals surface area contributed by atoms with Crippen LogP contribution in [0, 0.1) is 17.6 Å². The largest absolute Gasteiger partial charge is 0.394 e. The van der Waals surface area contributed by atoms with Gasteiger partial charge >= 0.3 is 0 Å². The molecule has 0 radical (unpaired) electrons. The van der Waals surface area contributed by atoms with Crippen molar-refractivity contribution in [1.82, 2.24) is 4.90 Å². The highest BCUT2D eigenvalue weighted by molar-refractivity contribution is 5.92. The quantitative estimate of drug-likeness (QED) is 0.871. The minimum Gasteiger partial charge on any atom is -0.394 e. The Bertz CT molecular complexity index is 525. The molecule has 0 aliphatic carbocycles. The number of hydrogen-bond acceptors (Lipinski definition) is 2. The van der Waals surface area contributed by atoms with Gasteiger partial charge in [0.25, 0.3) is 0 Å². The van der Waals surface area contributed by atoms with Gasteiger partial charge in [-0.2, -0.15) is 0 Å². The first kappa shape index (κ1) is 15.6. The lowest BCUT2D eigenvalue weighted by Crippen LogP contribution is -2.49. The molecule has 1 saturated heterocycles. The fourth-order valence-corrected chi connectivity index (χ4v) is 2.72. The van der Waals surface area contributed by atoms with Gasteiger partial charge < -0.3 is 10.0 Å². The summed E-state index contributed by atoms with van der Waals surface area (Å²) in [6.45, 7) is 2.44. The molecule has 1 aromatic rings. The van der Waals surface area contributed by atoms with E-state index >= 15 is 0 Å². The zero-order valence-electron chi connectivity index (χ0n) is 11.9. The van der Waals surface area contributed by atoms with Crippen molar-refractivity contribution in [1.29, 1.82) is 0 Å². The number of benzene rings is 1. The number of rotatable bonds is 3. The monoisotopic (exact) mass is 295 g/mol. The number of aliphatic hydroxyl groups is 1. The Morgan fingerprint density at radius 2 is 2.10 bits per heavy atom. The lowest BCUT2D eigenvalue weighted by molar-refractivity contribution is -0.132. The van der Waals surface area contributed by atoms with E-state index in [0.29, 0.717) is 6.54 Å². The van der Waals surface area contributed by atoms with Gasteiger partial charge in [-0.25, -0.2) is 8.78 Å². The molecule has 1 aliphatic rings. The molecule has 1 fully saturated rings. The molecular weight excluding hydrogens is 276 g/mol. The number of carbonyl (C=O) groups excluding carboxylic acids is 1. The average Bonchev–Trinajstić information content (AvgIpc) is 2.46. The standard InChI is InChI=1S/C16H19F2NO2/c1-11-4-3-9-19(15(11)10-20)16(21)8-7-12-13(17)5-2-6-14(12)18/h2,5-8,11,15,20H,3-4,9-10H2,1H3/b8-7+. The first-order valence-corrected chi connectivity index (χ1v) is 7.08. The summed E-state index contributed by atoms with van der Waals surface area (Å²) in [5.41, 5.74) is -0.226. The van der Waals surface area contributed by atoms with E-state index < -0.39 is 11.6 Å². The van der Waals surface area contributed by atoms with Crippen molar-refractivity contribution < 1.29 is 18.7 Å². The van der Waals surface area contributed by atoms with E-state index in [1.165, 1.54) is 12.1 Å². The van der Waals surface area contributed by atoms with E-state index in [4.69, 9.17) is 0 Å². The summed E-state index contributed by atoms with van der Waals surface area (Å²) >= 11 is 0. The number of halogens is 2. The summed E-state index contributed by atoms with van der Waals surface area (Å²) in [5.74, 6) is -1.52. The summed E-state index contributed by atoms with van der Waals surface area (Å²) in [6.07, 6.45) is 4.15.